The Hall–Kier alpha value is -1.92. The lowest BCUT2D eigenvalue weighted by Gasteiger charge is -2.07. The molecule has 0 bridgehead atoms. The Morgan fingerprint density at radius 3 is 2.50 bits per heavy atom. The van der Waals surface area contributed by atoms with Crippen LogP contribution in [0.4, 0.5) is 20.4 Å². The van der Waals surface area contributed by atoms with Crippen molar-refractivity contribution in [2.24, 2.45) is 0 Å². The maximum Gasteiger partial charge on any atom is 0.339 e. The standard InChI is InChI=1S/C7H7F2N3O2/c8-5(9)2-1-3(10)12-6(11)4(2)7(13)14/h1,5H,(H,13,14)(H4,10,11,12). The third-order valence-corrected chi connectivity index (χ3v) is 1.55. The van der Waals surface area contributed by atoms with Gasteiger partial charge in [-0.25, -0.2) is 18.6 Å². The van der Waals surface area contributed by atoms with Crippen LogP contribution in [0.5, 0.6) is 0 Å². The maximum absolute atomic E-state index is 12.3. The monoisotopic (exact) mass is 203 g/mol. The average molecular weight is 203 g/mol. The van der Waals surface area contributed by atoms with E-state index in [2.05, 4.69) is 4.98 Å². The van der Waals surface area contributed by atoms with Crippen LogP contribution in [0.2, 0.25) is 0 Å². The van der Waals surface area contributed by atoms with Crippen molar-refractivity contribution < 1.29 is 18.7 Å². The van der Waals surface area contributed by atoms with Gasteiger partial charge in [-0.05, 0) is 6.07 Å². The molecule has 0 aliphatic heterocycles. The molecule has 76 valence electrons. The Labute approximate surface area is 77.3 Å². The number of pyridine rings is 1. The number of anilines is 2. The summed E-state index contributed by atoms with van der Waals surface area (Å²) in [6.07, 6.45) is -2.95. The second-order valence-electron chi connectivity index (χ2n) is 2.50. The summed E-state index contributed by atoms with van der Waals surface area (Å²) >= 11 is 0. The van der Waals surface area contributed by atoms with Crippen LogP contribution in [0.1, 0.15) is 22.3 Å². The average Bonchev–Trinajstić information content (AvgIpc) is 2.01. The van der Waals surface area contributed by atoms with Crippen molar-refractivity contribution in [3.63, 3.8) is 0 Å². The fraction of sp³-hybridized carbons (Fsp3) is 0.143. The van der Waals surface area contributed by atoms with E-state index in [4.69, 9.17) is 16.6 Å². The number of aromatic nitrogens is 1. The number of carboxylic acid groups (broad SMARTS) is 1. The largest absolute Gasteiger partial charge is 0.478 e. The molecule has 0 aromatic carbocycles. The summed E-state index contributed by atoms with van der Waals surface area (Å²) in [5.74, 6) is -2.29. The molecule has 0 radical (unpaired) electrons. The van der Waals surface area contributed by atoms with Gasteiger partial charge in [0.05, 0.1) is 0 Å². The van der Waals surface area contributed by atoms with Crippen molar-refractivity contribution in [1.29, 1.82) is 0 Å². The molecule has 0 unspecified atom stereocenters. The van der Waals surface area contributed by atoms with E-state index < -0.39 is 29.3 Å². The molecule has 7 heteroatoms. The lowest BCUT2D eigenvalue weighted by Crippen LogP contribution is -2.11. The van der Waals surface area contributed by atoms with Crippen molar-refractivity contribution in [3.05, 3.63) is 17.2 Å². The summed E-state index contributed by atoms with van der Waals surface area (Å²) in [5.41, 5.74) is 8.88. The number of nitrogens with zero attached hydrogens (tertiary/aromatic N) is 1. The number of nitrogens with two attached hydrogens (primary N) is 2. The van der Waals surface area contributed by atoms with Crippen molar-refractivity contribution in [3.8, 4) is 0 Å². The molecule has 14 heavy (non-hydrogen) atoms. The molecule has 1 rings (SSSR count). The van der Waals surface area contributed by atoms with E-state index in [1.165, 1.54) is 0 Å². The van der Waals surface area contributed by atoms with Gasteiger partial charge in [0.1, 0.15) is 17.2 Å². The normalized spacial score (nSPS) is 10.5. The number of hydrogen-bond donors (Lipinski definition) is 3. The van der Waals surface area contributed by atoms with Gasteiger partial charge < -0.3 is 16.6 Å². The second-order valence-corrected chi connectivity index (χ2v) is 2.50. The molecule has 1 aromatic heterocycles. The van der Waals surface area contributed by atoms with Gasteiger partial charge in [0, 0.05) is 5.56 Å². The smallest absolute Gasteiger partial charge is 0.339 e. The summed E-state index contributed by atoms with van der Waals surface area (Å²) in [7, 11) is 0. The van der Waals surface area contributed by atoms with E-state index in [-0.39, 0.29) is 5.82 Å². The molecule has 5 N–H and O–H groups in total. The molecule has 0 saturated carbocycles. The zero-order valence-corrected chi connectivity index (χ0v) is 6.87. The lowest BCUT2D eigenvalue weighted by atomic mass is 10.1. The fourth-order valence-corrected chi connectivity index (χ4v) is 1.01. The van der Waals surface area contributed by atoms with Gasteiger partial charge in [0.25, 0.3) is 6.43 Å². The highest BCUT2D eigenvalue weighted by atomic mass is 19.3. The lowest BCUT2D eigenvalue weighted by molar-refractivity contribution is 0.0685. The highest BCUT2D eigenvalue weighted by Gasteiger charge is 2.22. The predicted molar refractivity (Wildman–Crippen MR) is 45.0 cm³/mol. The topological polar surface area (TPSA) is 102 Å². The Morgan fingerprint density at radius 2 is 2.07 bits per heavy atom. The van der Waals surface area contributed by atoms with Gasteiger partial charge in [0.15, 0.2) is 0 Å². The van der Waals surface area contributed by atoms with Gasteiger partial charge in [-0.2, -0.15) is 0 Å². The Balaban J connectivity index is 3.44. The number of alkyl halides is 2. The quantitative estimate of drug-likeness (QED) is 0.662. The minimum atomic E-state index is -2.95. The summed E-state index contributed by atoms with van der Waals surface area (Å²) in [5, 5.41) is 8.59. The zero-order valence-electron chi connectivity index (χ0n) is 6.87. The van der Waals surface area contributed by atoms with Crippen molar-refractivity contribution in [1.82, 2.24) is 4.98 Å². The molecule has 1 aromatic rings. The van der Waals surface area contributed by atoms with Crippen LogP contribution in [0.3, 0.4) is 0 Å². The number of nitrogen functional groups attached to an aromatic ring is 2. The molecular formula is C7H7F2N3O2. The molecule has 0 fully saturated rings. The van der Waals surface area contributed by atoms with Crippen LogP contribution in [0.15, 0.2) is 6.07 Å². The van der Waals surface area contributed by atoms with Crippen LogP contribution >= 0.6 is 0 Å². The first-order valence-electron chi connectivity index (χ1n) is 3.50. The van der Waals surface area contributed by atoms with E-state index >= 15 is 0 Å². The van der Waals surface area contributed by atoms with Crippen LogP contribution in [-0.2, 0) is 0 Å². The van der Waals surface area contributed by atoms with Crippen LogP contribution in [-0.4, -0.2) is 16.1 Å². The van der Waals surface area contributed by atoms with Gasteiger partial charge in [0.2, 0.25) is 0 Å². The van der Waals surface area contributed by atoms with Crippen LogP contribution in [0, 0.1) is 0 Å². The summed E-state index contributed by atoms with van der Waals surface area (Å²) in [4.78, 5) is 13.9. The second kappa shape index (κ2) is 3.44. The van der Waals surface area contributed by atoms with Gasteiger partial charge >= 0.3 is 5.97 Å². The minimum absolute atomic E-state index is 0.234. The SMILES string of the molecule is Nc1cc(C(F)F)c(C(=O)O)c(N)n1. The van der Waals surface area contributed by atoms with Crippen LogP contribution in [0.25, 0.3) is 0 Å². The number of carboxylic acids is 1. The van der Waals surface area contributed by atoms with Gasteiger partial charge in [-0.15, -0.1) is 0 Å². The van der Waals surface area contributed by atoms with E-state index in [1.807, 2.05) is 0 Å². The number of halogens is 2. The predicted octanol–water partition coefficient (Wildman–Crippen LogP) is 0.882. The highest BCUT2D eigenvalue weighted by molar-refractivity contribution is 5.94. The molecule has 0 spiro atoms. The molecule has 0 saturated heterocycles. The first kappa shape index (κ1) is 10.2. The van der Waals surface area contributed by atoms with E-state index in [1.54, 1.807) is 0 Å². The highest BCUT2D eigenvalue weighted by Crippen LogP contribution is 2.27. The van der Waals surface area contributed by atoms with Gasteiger partial charge in [-0.3, -0.25) is 0 Å². The van der Waals surface area contributed by atoms with Crippen molar-refractivity contribution >= 4 is 17.6 Å². The first-order valence-corrected chi connectivity index (χ1v) is 3.50. The number of rotatable bonds is 2. The number of hydrogen-bond acceptors (Lipinski definition) is 4. The summed E-state index contributed by atoms with van der Waals surface area (Å²) < 4.78 is 24.7. The van der Waals surface area contributed by atoms with Crippen molar-refractivity contribution in [2.75, 3.05) is 11.5 Å². The summed E-state index contributed by atoms with van der Waals surface area (Å²) in [6, 6.07) is 0.796. The fourth-order valence-electron chi connectivity index (χ4n) is 1.01. The van der Waals surface area contributed by atoms with E-state index in [9.17, 15) is 13.6 Å². The first-order chi connectivity index (χ1) is 6.43. The third-order valence-electron chi connectivity index (χ3n) is 1.55. The molecule has 0 atom stereocenters. The Bertz CT molecular complexity index is 381. The van der Waals surface area contributed by atoms with Crippen molar-refractivity contribution in [2.45, 2.75) is 6.43 Å². The number of aromatic carboxylic acids is 1. The third kappa shape index (κ3) is 1.70. The van der Waals surface area contributed by atoms with Crippen LogP contribution < -0.4 is 11.5 Å². The van der Waals surface area contributed by atoms with E-state index in [0.29, 0.717) is 0 Å². The molecule has 0 amide bonds. The Kier molecular flexibility index (Phi) is 2.50. The maximum atomic E-state index is 12.3. The van der Waals surface area contributed by atoms with E-state index in [0.717, 1.165) is 6.07 Å². The molecule has 1 heterocycles. The zero-order chi connectivity index (χ0) is 10.9. The summed E-state index contributed by atoms with van der Waals surface area (Å²) in [6.45, 7) is 0. The Morgan fingerprint density at radius 1 is 1.50 bits per heavy atom. The minimum Gasteiger partial charge on any atom is -0.478 e. The molecule has 0 aliphatic rings. The number of carbonyl (C=O) groups is 1. The molecule has 0 aliphatic carbocycles. The molecular weight excluding hydrogens is 196 g/mol. The molecule has 5 nitrogen and oxygen atoms in total. The van der Waals surface area contributed by atoms with Gasteiger partial charge in [-0.1, -0.05) is 0 Å².